The van der Waals surface area contributed by atoms with Crippen molar-refractivity contribution < 1.29 is 9.53 Å². The van der Waals surface area contributed by atoms with Crippen LogP contribution in [0.2, 0.25) is 0 Å². The molecular weight excluding hydrogens is 284 g/mol. The topological polar surface area (TPSA) is 41.6 Å². The van der Waals surface area contributed by atoms with Crippen molar-refractivity contribution in [2.45, 2.75) is 25.8 Å². The molecular formula is C13H25ClN2O2S. The van der Waals surface area contributed by atoms with Gasteiger partial charge in [0.25, 0.3) is 0 Å². The second-order valence-electron chi connectivity index (χ2n) is 5.08. The van der Waals surface area contributed by atoms with E-state index in [-0.39, 0.29) is 12.4 Å². The van der Waals surface area contributed by atoms with Crippen molar-refractivity contribution in [1.82, 2.24) is 10.2 Å². The summed E-state index contributed by atoms with van der Waals surface area (Å²) in [6.07, 6.45) is 1.76. The molecule has 0 aromatic carbocycles. The Kier molecular flexibility index (Phi) is 8.14. The Morgan fingerprint density at radius 1 is 1.53 bits per heavy atom. The summed E-state index contributed by atoms with van der Waals surface area (Å²) >= 11 is 1.95. The minimum Gasteiger partial charge on any atom is -0.381 e. The lowest BCUT2D eigenvalue weighted by Gasteiger charge is -2.25. The highest BCUT2D eigenvalue weighted by Crippen LogP contribution is 2.19. The molecule has 2 aliphatic heterocycles. The summed E-state index contributed by atoms with van der Waals surface area (Å²) in [7, 11) is 0. The first-order chi connectivity index (χ1) is 8.79. The standard InChI is InChI=1S/C13H24N2O2S.ClH/c1-2-17-9-11-3-5-15(8-11)13(16)7-12-10-18-6-4-14-12;/h11-12,14H,2-10H2,1H3;1H. The fraction of sp³-hybridized carbons (Fsp3) is 0.923. The van der Waals surface area contributed by atoms with Crippen LogP contribution in [0.3, 0.4) is 0 Å². The Labute approximate surface area is 126 Å². The third kappa shape index (κ3) is 5.50. The van der Waals surface area contributed by atoms with E-state index in [1.54, 1.807) is 0 Å². The lowest BCUT2D eigenvalue weighted by atomic mass is 10.1. The van der Waals surface area contributed by atoms with E-state index in [1.165, 1.54) is 5.75 Å². The van der Waals surface area contributed by atoms with Gasteiger partial charge in [-0.25, -0.2) is 0 Å². The molecule has 0 aromatic rings. The molecule has 112 valence electrons. The van der Waals surface area contributed by atoms with Crippen LogP contribution in [0.4, 0.5) is 0 Å². The number of halogens is 1. The number of nitrogens with one attached hydrogen (secondary N) is 1. The molecule has 2 heterocycles. The van der Waals surface area contributed by atoms with Crippen LogP contribution < -0.4 is 5.32 Å². The molecule has 19 heavy (non-hydrogen) atoms. The van der Waals surface area contributed by atoms with Crippen LogP contribution in [0.25, 0.3) is 0 Å². The SMILES string of the molecule is CCOCC1CCN(C(=O)CC2CSCCN2)C1.Cl. The van der Waals surface area contributed by atoms with E-state index in [0.29, 0.717) is 24.3 Å². The van der Waals surface area contributed by atoms with Crippen LogP contribution in [-0.2, 0) is 9.53 Å². The highest BCUT2D eigenvalue weighted by Gasteiger charge is 2.28. The third-order valence-electron chi connectivity index (χ3n) is 3.62. The Bertz CT molecular complexity index is 275. The highest BCUT2D eigenvalue weighted by molar-refractivity contribution is 7.99. The predicted molar refractivity (Wildman–Crippen MR) is 82.2 cm³/mol. The van der Waals surface area contributed by atoms with Crippen LogP contribution in [0.5, 0.6) is 0 Å². The molecule has 2 fully saturated rings. The molecule has 1 amide bonds. The van der Waals surface area contributed by atoms with Crippen molar-refractivity contribution in [3.05, 3.63) is 0 Å². The quantitative estimate of drug-likeness (QED) is 0.833. The Balaban J connectivity index is 0.00000180. The summed E-state index contributed by atoms with van der Waals surface area (Å²) in [5, 5.41) is 3.43. The van der Waals surface area contributed by atoms with E-state index in [1.807, 2.05) is 23.6 Å². The maximum absolute atomic E-state index is 12.2. The summed E-state index contributed by atoms with van der Waals surface area (Å²) in [5.74, 6) is 3.10. The number of nitrogens with zero attached hydrogens (tertiary/aromatic N) is 1. The van der Waals surface area contributed by atoms with Gasteiger partial charge in [0.05, 0.1) is 6.61 Å². The second-order valence-corrected chi connectivity index (χ2v) is 6.23. The van der Waals surface area contributed by atoms with E-state index in [0.717, 1.165) is 45.0 Å². The second kappa shape index (κ2) is 9.06. The predicted octanol–water partition coefficient (Wildman–Crippen LogP) is 1.39. The number of hydrogen-bond acceptors (Lipinski definition) is 4. The Morgan fingerprint density at radius 3 is 3.05 bits per heavy atom. The number of rotatable bonds is 5. The molecule has 0 aliphatic carbocycles. The first-order valence-corrected chi connectivity index (χ1v) is 8.11. The summed E-state index contributed by atoms with van der Waals surface area (Å²) < 4.78 is 5.44. The summed E-state index contributed by atoms with van der Waals surface area (Å²) in [6.45, 7) is 6.43. The first-order valence-electron chi connectivity index (χ1n) is 6.96. The molecule has 2 atom stereocenters. The fourth-order valence-electron chi connectivity index (χ4n) is 2.57. The van der Waals surface area contributed by atoms with E-state index in [2.05, 4.69) is 5.32 Å². The van der Waals surface area contributed by atoms with Gasteiger partial charge in [0.15, 0.2) is 0 Å². The number of amides is 1. The number of carbonyl (C=O) groups excluding carboxylic acids is 1. The van der Waals surface area contributed by atoms with Crippen molar-refractivity contribution in [2.24, 2.45) is 5.92 Å². The zero-order valence-electron chi connectivity index (χ0n) is 11.6. The number of likely N-dealkylation sites (tertiary alicyclic amines) is 1. The number of ether oxygens (including phenoxy) is 1. The molecule has 0 radical (unpaired) electrons. The minimum absolute atomic E-state index is 0. The van der Waals surface area contributed by atoms with Crippen molar-refractivity contribution in [1.29, 1.82) is 0 Å². The molecule has 0 bridgehead atoms. The molecule has 0 saturated carbocycles. The van der Waals surface area contributed by atoms with Crippen LogP contribution in [-0.4, -0.2) is 61.2 Å². The van der Waals surface area contributed by atoms with E-state index >= 15 is 0 Å². The maximum atomic E-state index is 12.2. The van der Waals surface area contributed by atoms with Crippen molar-refractivity contribution in [3.63, 3.8) is 0 Å². The third-order valence-corrected chi connectivity index (χ3v) is 4.75. The molecule has 0 spiro atoms. The summed E-state index contributed by atoms with van der Waals surface area (Å²) in [6, 6.07) is 0.377. The van der Waals surface area contributed by atoms with Gasteiger partial charge in [0, 0.05) is 56.1 Å². The summed E-state index contributed by atoms with van der Waals surface area (Å²) in [5.41, 5.74) is 0. The van der Waals surface area contributed by atoms with Crippen LogP contribution in [0, 0.1) is 5.92 Å². The lowest BCUT2D eigenvalue weighted by molar-refractivity contribution is -0.130. The van der Waals surface area contributed by atoms with Gasteiger partial charge >= 0.3 is 0 Å². The molecule has 1 N–H and O–H groups in total. The minimum atomic E-state index is 0. The van der Waals surface area contributed by atoms with Crippen molar-refractivity contribution in [3.8, 4) is 0 Å². The molecule has 4 nitrogen and oxygen atoms in total. The van der Waals surface area contributed by atoms with Crippen molar-refractivity contribution in [2.75, 3.05) is 44.4 Å². The van der Waals surface area contributed by atoms with Gasteiger partial charge in [0.1, 0.15) is 0 Å². The van der Waals surface area contributed by atoms with Gasteiger partial charge < -0.3 is 15.0 Å². The van der Waals surface area contributed by atoms with Crippen LogP contribution in [0.15, 0.2) is 0 Å². The average Bonchev–Trinajstić information content (AvgIpc) is 2.86. The van der Waals surface area contributed by atoms with Crippen LogP contribution >= 0.6 is 24.2 Å². The molecule has 2 saturated heterocycles. The Hall–Kier alpha value is 0.0300. The van der Waals surface area contributed by atoms with E-state index < -0.39 is 0 Å². The van der Waals surface area contributed by atoms with Crippen molar-refractivity contribution >= 4 is 30.1 Å². The van der Waals surface area contributed by atoms with Gasteiger partial charge in [-0.2, -0.15) is 11.8 Å². The summed E-state index contributed by atoms with van der Waals surface area (Å²) in [4.78, 5) is 14.2. The molecule has 2 aliphatic rings. The van der Waals surface area contributed by atoms with E-state index in [4.69, 9.17) is 4.74 Å². The molecule has 2 unspecified atom stereocenters. The zero-order valence-corrected chi connectivity index (χ0v) is 13.2. The largest absolute Gasteiger partial charge is 0.381 e. The highest BCUT2D eigenvalue weighted by atomic mass is 35.5. The van der Waals surface area contributed by atoms with Gasteiger partial charge in [-0.15, -0.1) is 12.4 Å². The molecule has 0 aromatic heterocycles. The Morgan fingerprint density at radius 2 is 2.37 bits per heavy atom. The average molecular weight is 309 g/mol. The number of carbonyl (C=O) groups is 1. The lowest BCUT2D eigenvalue weighted by Crippen LogP contribution is -2.42. The van der Waals surface area contributed by atoms with Gasteiger partial charge in [0.2, 0.25) is 5.91 Å². The normalized spacial score (nSPS) is 27.1. The number of thioether (sulfide) groups is 1. The zero-order chi connectivity index (χ0) is 12.8. The molecule has 6 heteroatoms. The number of hydrogen-bond donors (Lipinski definition) is 1. The van der Waals surface area contributed by atoms with Gasteiger partial charge in [-0.05, 0) is 13.3 Å². The first kappa shape index (κ1) is 17.1. The monoisotopic (exact) mass is 308 g/mol. The maximum Gasteiger partial charge on any atom is 0.224 e. The van der Waals surface area contributed by atoms with Gasteiger partial charge in [-0.1, -0.05) is 0 Å². The van der Waals surface area contributed by atoms with Gasteiger partial charge in [-0.3, -0.25) is 4.79 Å². The van der Waals surface area contributed by atoms with Crippen LogP contribution in [0.1, 0.15) is 19.8 Å². The smallest absolute Gasteiger partial charge is 0.224 e. The molecule has 2 rings (SSSR count). The fourth-order valence-corrected chi connectivity index (χ4v) is 3.52. The van der Waals surface area contributed by atoms with E-state index in [9.17, 15) is 4.79 Å².